The summed E-state index contributed by atoms with van der Waals surface area (Å²) in [6.45, 7) is 7.28. The minimum absolute atomic E-state index is 0.0679. The number of nitrogens with zero attached hydrogens (tertiary/aromatic N) is 2. The standard InChI is InChI=1S/C23H31N3O2S/c1-3-25(4-2)20(19-13-15-29-17-19)16-24-23(28)22(18-10-6-5-7-11-18)26-14-9-8-12-21(26)27/h5-7,10-11,13,15,17,20,22H,3-4,8-9,12,14,16H2,1-2H3,(H,24,28). The van der Waals surface area contributed by atoms with Crippen molar-refractivity contribution < 1.29 is 9.59 Å². The van der Waals surface area contributed by atoms with E-state index >= 15 is 0 Å². The van der Waals surface area contributed by atoms with Crippen LogP contribution in [-0.2, 0) is 9.59 Å². The Kier molecular flexibility index (Phi) is 7.83. The lowest BCUT2D eigenvalue weighted by Crippen LogP contribution is -2.47. The zero-order valence-electron chi connectivity index (χ0n) is 17.3. The van der Waals surface area contributed by atoms with Crippen LogP contribution in [0.5, 0.6) is 0 Å². The van der Waals surface area contributed by atoms with E-state index in [9.17, 15) is 9.59 Å². The highest BCUT2D eigenvalue weighted by Crippen LogP contribution is 2.27. The maximum atomic E-state index is 13.3. The summed E-state index contributed by atoms with van der Waals surface area (Å²) in [5, 5.41) is 7.39. The van der Waals surface area contributed by atoms with Crippen LogP contribution in [0.15, 0.2) is 47.2 Å². The molecule has 6 heteroatoms. The second-order valence-electron chi connectivity index (χ2n) is 7.40. The van der Waals surface area contributed by atoms with Crippen molar-refractivity contribution in [2.24, 2.45) is 0 Å². The number of hydrogen-bond acceptors (Lipinski definition) is 4. The van der Waals surface area contributed by atoms with Gasteiger partial charge in [-0.05, 0) is 53.9 Å². The van der Waals surface area contributed by atoms with E-state index in [0.717, 1.165) is 31.5 Å². The zero-order valence-corrected chi connectivity index (χ0v) is 18.2. The molecule has 2 unspecified atom stereocenters. The Balaban J connectivity index is 1.79. The summed E-state index contributed by atoms with van der Waals surface area (Å²) in [5.41, 5.74) is 2.10. The van der Waals surface area contributed by atoms with Crippen LogP contribution >= 0.6 is 11.3 Å². The minimum Gasteiger partial charge on any atom is -0.352 e. The van der Waals surface area contributed by atoms with Gasteiger partial charge < -0.3 is 10.2 Å². The number of carbonyl (C=O) groups is 2. The number of thiophene rings is 1. The first-order chi connectivity index (χ1) is 14.2. The molecule has 1 N–H and O–H groups in total. The highest BCUT2D eigenvalue weighted by Gasteiger charge is 2.33. The third-order valence-electron chi connectivity index (χ3n) is 5.69. The molecule has 0 aliphatic carbocycles. The number of carbonyl (C=O) groups excluding carboxylic acids is 2. The van der Waals surface area contributed by atoms with E-state index in [1.807, 2.05) is 30.3 Å². The third kappa shape index (κ3) is 5.25. The molecule has 1 aromatic heterocycles. The van der Waals surface area contributed by atoms with E-state index in [2.05, 4.69) is 40.9 Å². The first-order valence-electron chi connectivity index (χ1n) is 10.5. The van der Waals surface area contributed by atoms with Crippen molar-refractivity contribution in [2.75, 3.05) is 26.2 Å². The molecule has 0 bridgehead atoms. The van der Waals surface area contributed by atoms with Crippen LogP contribution in [0.1, 0.15) is 56.3 Å². The molecule has 1 aliphatic rings. The van der Waals surface area contributed by atoms with Crippen LogP contribution < -0.4 is 5.32 Å². The molecule has 29 heavy (non-hydrogen) atoms. The van der Waals surface area contributed by atoms with Gasteiger partial charge in [0.15, 0.2) is 0 Å². The lowest BCUT2D eigenvalue weighted by molar-refractivity contribution is -0.142. The molecular weight excluding hydrogens is 382 g/mol. The Morgan fingerprint density at radius 1 is 1.14 bits per heavy atom. The van der Waals surface area contributed by atoms with Gasteiger partial charge in [-0.3, -0.25) is 14.5 Å². The Hall–Kier alpha value is -2.18. The van der Waals surface area contributed by atoms with Gasteiger partial charge in [0.2, 0.25) is 11.8 Å². The SMILES string of the molecule is CCN(CC)C(CNC(=O)C(c1ccccc1)N1CCCCC1=O)c1ccsc1. The molecule has 1 aliphatic heterocycles. The van der Waals surface area contributed by atoms with Crippen molar-refractivity contribution in [2.45, 2.75) is 45.2 Å². The number of rotatable bonds is 9. The summed E-state index contributed by atoms with van der Waals surface area (Å²) < 4.78 is 0. The molecule has 0 saturated carbocycles. The van der Waals surface area contributed by atoms with Gasteiger partial charge in [0.1, 0.15) is 6.04 Å². The number of amides is 2. The van der Waals surface area contributed by atoms with Crippen LogP contribution in [0, 0.1) is 0 Å². The fourth-order valence-corrected chi connectivity index (χ4v) is 4.80. The van der Waals surface area contributed by atoms with Gasteiger partial charge in [0, 0.05) is 19.5 Å². The lowest BCUT2D eigenvalue weighted by atomic mass is 10.00. The molecule has 2 aromatic rings. The van der Waals surface area contributed by atoms with E-state index < -0.39 is 6.04 Å². The van der Waals surface area contributed by atoms with Crippen molar-refractivity contribution in [3.63, 3.8) is 0 Å². The quantitative estimate of drug-likeness (QED) is 0.676. The molecule has 2 amide bonds. The zero-order chi connectivity index (χ0) is 20.6. The molecule has 156 valence electrons. The average molecular weight is 414 g/mol. The molecule has 5 nitrogen and oxygen atoms in total. The van der Waals surface area contributed by atoms with Gasteiger partial charge in [-0.1, -0.05) is 44.2 Å². The first kappa shape index (κ1) is 21.5. The topological polar surface area (TPSA) is 52.7 Å². The number of likely N-dealkylation sites (tertiary alicyclic amines) is 1. The molecule has 0 radical (unpaired) electrons. The number of piperidine rings is 1. The molecule has 1 aromatic carbocycles. The van der Waals surface area contributed by atoms with Crippen LogP contribution in [0.4, 0.5) is 0 Å². The van der Waals surface area contributed by atoms with Gasteiger partial charge in [-0.2, -0.15) is 11.3 Å². The fraction of sp³-hybridized carbons (Fsp3) is 0.478. The predicted octanol–water partition coefficient (Wildman–Crippen LogP) is 4.00. The monoisotopic (exact) mass is 413 g/mol. The van der Waals surface area contributed by atoms with Crippen molar-refractivity contribution in [1.29, 1.82) is 0 Å². The Bertz CT molecular complexity index is 775. The summed E-state index contributed by atoms with van der Waals surface area (Å²) >= 11 is 1.67. The Labute approximate surface area is 177 Å². The van der Waals surface area contributed by atoms with Crippen LogP contribution in [0.3, 0.4) is 0 Å². The first-order valence-corrected chi connectivity index (χ1v) is 11.5. The number of benzene rings is 1. The molecule has 0 spiro atoms. The molecule has 3 rings (SSSR count). The highest BCUT2D eigenvalue weighted by atomic mass is 32.1. The minimum atomic E-state index is -0.566. The summed E-state index contributed by atoms with van der Waals surface area (Å²) in [4.78, 5) is 30.0. The van der Waals surface area contributed by atoms with E-state index in [1.165, 1.54) is 5.56 Å². The van der Waals surface area contributed by atoms with Crippen molar-refractivity contribution in [1.82, 2.24) is 15.1 Å². The Morgan fingerprint density at radius 2 is 1.90 bits per heavy atom. The summed E-state index contributed by atoms with van der Waals surface area (Å²) in [7, 11) is 0. The van der Waals surface area contributed by atoms with E-state index in [0.29, 0.717) is 19.5 Å². The molecular formula is C23H31N3O2S. The lowest BCUT2D eigenvalue weighted by Gasteiger charge is -2.35. The van der Waals surface area contributed by atoms with E-state index in [-0.39, 0.29) is 17.9 Å². The van der Waals surface area contributed by atoms with Crippen LogP contribution in [0.2, 0.25) is 0 Å². The molecule has 1 fully saturated rings. The van der Waals surface area contributed by atoms with Gasteiger partial charge in [-0.25, -0.2) is 0 Å². The number of likely N-dealkylation sites (N-methyl/N-ethyl adjacent to an activating group) is 1. The van der Waals surface area contributed by atoms with Crippen molar-refractivity contribution >= 4 is 23.2 Å². The highest BCUT2D eigenvalue weighted by molar-refractivity contribution is 7.07. The third-order valence-corrected chi connectivity index (χ3v) is 6.39. The van der Waals surface area contributed by atoms with Crippen LogP contribution in [-0.4, -0.2) is 47.8 Å². The second kappa shape index (κ2) is 10.6. The second-order valence-corrected chi connectivity index (χ2v) is 8.18. The van der Waals surface area contributed by atoms with Gasteiger partial charge in [0.05, 0.1) is 6.04 Å². The fourth-order valence-electron chi connectivity index (χ4n) is 4.09. The molecule has 1 saturated heterocycles. The summed E-state index contributed by atoms with van der Waals surface area (Å²) in [5.74, 6) is -0.0304. The Morgan fingerprint density at radius 3 is 2.52 bits per heavy atom. The van der Waals surface area contributed by atoms with Gasteiger partial charge in [0.25, 0.3) is 0 Å². The summed E-state index contributed by atoms with van der Waals surface area (Å²) in [6.07, 6.45) is 2.37. The smallest absolute Gasteiger partial charge is 0.247 e. The van der Waals surface area contributed by atoms with Gasteiger partial charge >= 0.3 is 0 Å². The number of nitrogens with one attached hydrogen (secondary N) is 1. The van der Waals surface area contributed by atoms with Crippen molar-refractivity contribution in [3.05, 3.63) is 58.3 Å². The van der Waals surface area contributed by atoms with Crippen molar-refractivity contribution in [3.8, 4) is 0 Å². The van der Waals surface area contributed by atoms with E-state index in [4.69, 9.17) is 0 Å². The largest absolute Gasteiger partial charge is 0.352 e. The maximum Gasteiger partial charge on any atom is 0.247 e. The normalized spacial score (nSPS) is 16.7. The predicted molar refractivity (Wildman–Crippen MR) is 118 cm³/mol. The number of hydrogen-bond donors (Lipinski definition) is 1. The maximum absolute atomic E-state index is 13.3. The summed E-state index contributed by atoms with van der Waals surface area (Å²) in [6, 6.07) is 11.4. The average Bonchev–Trinajstić information content (AvgIpc) is 3.28. The molecule has 2 heterocycles. The molecule has 2 atom stereocenters. The van der Waals surface area contributed by atoms with Gasteiger partial charge in [-0.15, -0.1) is 0 Å². The van der Waals surface area contributed by atoms with Crippen LogP contribution in [0.25, 0.3) is 0 Å². The van der Waals surface area contributed by atoms with E-state index in [1.54, 1.807) is 16.2 Å².